The highest BCUT2D eigenvalue weighted by atomic mass is 32.2. The second-order valence-electron chi connectivity index (χ2n) is 7.78. The number of amides is 1. The molecule has 8 heteroatoms. The molecule has 2 heterocycles. The zero-order valence-corrected chi connectivity index (χ0v) is 19.0. The number of fused-ring (bicyclic) bond motifs is 1. The molecule has 4 rings (SSSR count). The normalized spacial score (nSPS) is 29.8. The van der Waals surface area contributed by atoms with Gasteiger partial charge >= 0.3 is 0 Å². The Bertz CT molecular complexity index is 854. The molecule has 0 aromatic heterocycles. The van der Waals surface area contributed by atoms with E-state index in [9.17, 15) is 4.79 Å². The van der Waals surface area contributed by atoms with Crippen LogP contribution in [-0.4, -0.2) is 55.4 Å². The van der Waals surface area contributed by atoms with Crippen molar-refractivity contribution in [1.29, 1.82) is 0 Å². The van der Waals surface area contributed by atoms with Crippen LogP contribution in [0, 0.1) is 0 Å². The first-order valence-electron chi connectivity index (χ1n) is 10.7. The van der Waals surface area contributed by atoms with Gasteiger partial charge in [-0.1, -0.05) is 60.7 Å². The van der Waals surface area contributed by atoms with Crippen LogP contribution in [0.2, 0.25) is 0 Å². The molecule has 2 aliphatic rings. The van der Waals surface area contributed by atoms with Gasteiger partial charge in [0.2, 0.25) is 5.91 Å². The first-order valence-corrected chi connectivity index (χ1v) is 12.1. The van der Waals surface area contributed by atoms with E-state index in [-0.39, 0.29) is 12.0 Å². The van der Waals surface area contributed by atoms with Gasteiger partial charge < -0.3 is 29.0 Å². The summed E-state index contributed by atoms with van der Waals surface area (Å²) in [5, 5.41) is 2.97. The fourth-order valence-electron chi connectivity index (χ4n) is 3.98. The zero-order valence-electron chi connectivity index (χ0n) is 18.2. The van der Waals surface area contributed by atoms with Gasteiger partial charge in [0.1, 0.15) is 24.4 Å². The highest BCUT2D eigenvalue weighted by Gasteiger charge is 2.51. The molecule has 2 aliphatic heterocycles. The van der Waals surface area contributed by atoms with Gasteiger partial charge in [-0.25, -0.2) is 0 Å². The summed E-state index contributed by atoms with van der Waals surface area (Å²) in [6.45, 7) is 2.16. The predicted molar refractivity (Wildman–Crippen MR) is 121 cm³/mol. The monoisotopic (exact) mass is 459 g/mol. The third-order valence-electron chi connectivity index (χ3n) is 5.42. The van der Waals surface area contributed by atoms with Gasteiger partial charge in [0.05, 0.1) is 19.2 Å². The molecule has 2 fully saturated rings. The molecule has 7 nitrogen and oxygen atoms in total. The van der Waals surface area contributed by atoms with Crippen molar-refractivity contribution in [1.82, 2.24) is 5.32 Å². The Hall–Kier alpha value is -1.94. The van der Waals surface area contributed by atoms with E-state index in [0.29, 0.717) is 19.2 Å². The van der Waals surface area contributed by atoms with Gasteiger partial charge in [0, 0.05) is 12.5 Å². The highest BCUT2D eigenvalue weighted by Crippen LogP contribution is 2.36. The van der Waals surface area contributed by atoms with E-state index in [4.69, 9.17) is 23.7 Å². The summed E-state index contributed by atoms with van der Waals surface area (Å²) in [7, 11) is 0. The summed E-state index contributed by atoms with van der Waals surface area (Å²) in [6.07, 6.45) is -0.525. The van der Waals surface area contributed by atoms with E-state index in [1.54, 1.807) is 11.8 Å². The largest absolute Gasteiger partial charge is 0.362 e. The lowest BCUT2D eigenvalue weighted by Gasteiger charge is -2.49. The Morgan fingerprint density at radius 2 is 1.78 bits per heavy atom. The van der Waals surface area contributed by atoms with Gasteiger partial charge in [0.15, 0.2) is 12.6 Å². The first-order chi connectivity index (χ1) is 15.7. The average Bonchev–Trinajstić information content (AvgIpc) is 2.82. The number of rotatable bonds is 8. The van der Waals surface area contributed by atoms with Crippen LogP contribution in [0.15, 0.2) is 60.7 Å². The molecule has 2 saturated heterocycles. The van der Waals surface area contributed by atoms with E-state index < -0.39 is 30.8 Å². The van der Waals surface area contributed by atoms with Gasteiger partial charge in [-0.3, -0.25) is 4.79 Å². The molecule has 32 heavy (non-hydrogen) atoms. The van der Waals surface area contributed by atoms with E-state index in [1.165, 1.54) is 6.92 Å². The van der Waals surface area contributed by atoms with Crippen LogP contribution in [0.1, 0.15) is 24.3 Å². The zero-order chi connectivity index (χ0) is 22.3. The molecule has 5 unspecified atom stereocenters. The fourth-order valence-corrected chi connectivity index (χ4v) is 4.27. The second kappa shape index (κ2) is 11.3. The Morgan fingerprint density at radius 1 is 1.06 bits per heavy atom. The van der Waals surface area contributed by atoms with Crippen molar-refractivity contribution in [2.45, 2.75) is 50.5 Å². The summed E-state index contributed by atoms with van der Waals surface area (Å²) < 4.78 is 30.8. The first kappa shape index (κ1) is 23.2. The number of carbonyl (C=O) groups is 1. The Labute approximate surface area is 192 Å². The van der Waals surface area contributed by atoms with E-state index in [2.05, 4.69) is 5.32 Å². The molecule has 0 bridgehead atoms. The Kier molecular flexibility index (Phi) is 8.18. The molecule has 172 valence electrons. The summed E-state index contributed by atoms with van der Waals surface area (Å²) in [5.41, 5.74) is 1.94. The van der Waals surface area contributed by atoms with Crippen LogP contribution in [0.3, 0.4) is 0 Å². The van der Waals surface area contributed by atoms with Gasteiger partial charge in [-0.05, 0) is 11.8 Å². The number of thioether (sulfide) groups is 1. The molecule has 1 N–H and O–H groups in total. The molecule has 0 spiro atoms. The maximum absolute atomic E-state index is 12.0. The summed E-state index contributed by atoms with van der Waals surface area (Å²) in [5.74, 6) is 0.269. The SMILES string of the molecule is CSCOC1C(NC(C)=O)C(OCc2ccccc2)OC2COC(c3ccccc3)O[C@@H]21. The summed E-state index contributed by atoms with van der Waals surface area (Å²) >= 11 is 1.56. The maximum Gasteiger partial charge on any atom is 0.217 e. The van der Waals surface area contributed by atoms with Crippen LogP contribution in [-0.2, 0) is 35.1 Å². The van der Waals surface area contributed by atoms with Crippen LogP contribution >= 0.6 is 11.8 Å². The minimum atomic E-state index is -0.701. The third kappa shape index (κ3) is 5.70. The average molecular weight is 460 g/mol. The molecule has 6 atom stereocenters. The van der Waals surface area contributed by atoms with E-state index in [1.807, 2.05) is 66.9 Å². The molecule has 1 amide bonds. The van der Waals surface area contributed by atoms with Gasteiger partial charge in [-0.2, -0.15) is 0 Å². The van der Waals surface area contributed by atoms with E-state index in [0.717, 1.165) is 11.1 Å². The molecule has 0 saturated carbocycles. The number of ether oxygens (including phenoxy) is 5. The Balaban J connectivity index is 1.54. The quantitative estimate of drug-likeness (QED) is 0.608. The minimum absolute atomic E-state index is 0.185. The van der Waals surface area contributed by atoms with Crippen LogP contribution in [0.25, 0.3) is 0 Å². The van der Waals surface area contributed by atoms with Crippen molar-refractivity contribution in [3.63, 3.8) is 0 Å². The van der Waals surface area contributed by atoms with Gasteiger partial charge in [0.25, 0.3) is 0 Å². The lowest BCUT2D eigenvalue weighted by molar-refractivity contribution is -0.348. The van der Waals surface area contributed by atoms with Crippen molar-refractivity contribution >= 4 is 17.7 Å². The minimum Gasteiger partial charge on any atom is -0.362 e. The van der Waals surface area contributed by atoms with Crippen molar-refractivity contribution in [2.24, 2.45) is 0 Å². The van der Waals surface area contributed by atoms with Crippen LogP contribution in [0.5, 0.6) is 0 Å². The number of benzene rings is 2. The third-order valence-corrected chi connectivity index (χ3v) is 5.79. The molecule has 0 radical (unpaired) electrons. The molecular weight excluding hydrogens is 430 g/mol. The lowest BCUT2D eigenvalue weighted by Crippen LogP contribution is -2.67. The molecule has 0 aliphatic carbocycles. The molecule has 2 aromatic rings. The van der Waals surface area contributed by atoms with Crippen LogP contribution < -0.4 is 5.32 Å². The standard InChI is InChI=1S/C24H29NO6S/c1-16(26)25-20-22(29-15-32-2)21-19(14-28-23(31-21)18-11-7-4-8-12-18)30-24(20)27-13-17-9-5-3-6-10-17/h3-12,19-24H,13-15H2,1-2H3,(H,25,26)/t19?,20?,21-,22?,23?,24?/m0/s1. The smallest absolute Gasteiger partial charge is 0.217 e. The van der Waals surface area contributed by atoms with Crippen molar-refractivity contribution in [3.8, 4) is 0 Å². The molecular formula is C24H29NO6S. The predicted octanol–water partition coefficient (Wildman–Crippen LogP) is 3.25. The maximum atomic E-state index is 12.0. The highest BCUT2D eigenvalue weighted by molar-refractivity contribution is 7.98. The van der Waals surface area contributed by atoms with E-state index >= 15 is 0 Å². The van der Waals surface area contributed by atoms with Crippen molar-refractivity contribution in [3.05, 3.63) is 71.8 Å². The van der Waals surface area contributed by atoms with Gasteiger partial charge in [-0.15, -0.1) is 11.8 Å². The van der Waals surface area contributed by atoms with Crippen LogP contribution in [0.4, 0.5) is 0 Å². The molecule has 2 aromatic carbocycles. The number of hydrogen-bond donors (Lipinski definition) is 1. The van der Waals surface area contributed by atoms with Crippen molar-refractivity contribution < 1.29 is 28.5 Å². The number of hydrogen-bond acceptors (Lipinski definition) is 7. The lowest BCUT2D eigenvalue weighted by atomic mass is 9.95. The Morgan fingerprint density at radius 3 is 2.47 bits per heavy atom. The topological polar surface area (TPSA) is 75.3 Å². The van der Waals surface area contributed by atoms with Crippen molar-refractivity contribution in [2.75, 3.05) is 18.8 Å². The number of carbonyl (C=O) groups excluding carboxylic acids is 1. The summed E-state index contributed by atoms with van der Waals surface area (Å²) in [6, 6.07) is 19.1. The summed E-state index contributed by atoms with van der Waals surface area (Å²) in [4.78, 5) is 12.0. The second-order valence-corrected chi connectivity index (χ2v) is 8.59. The fraction of sp³-hybridized carbons (Fsp3) is 0.458. The number of nitrogens with one attached hydrogen (secondary N) is 1.